The predicted molar refractivity (Wildman–Crippen MR) is 298 cm³/mol. The molecule has 9 rings (SSSR count). The molecule has 3 aliphatic rings. The van der Waals surface area contributed by atoms with E-state index < -0.39 is 75.2 Å². The first-order chi connectivity index (χ1) is 37.2. The Bertz CT molecular complexity index is 3270. The van der Waals surface area contributed by atoms with E-state index in [2.05, 4.69) is 66.2 Å². The van der Waals surface area contributed by atoms with Gasteiger partial charge in [-0.05, 0) is 85.2 Å². The van der Waals surface area contributed by atoms with Crippen LogP contribution in [-0.4, -0.2) is 137 Å². The smallest absolute Gasteiger partial charge is 0.301 e. The molecular formula is C57H67F3N10O6S2. The number of carbonyl (C=O) groups excluding carboxylic acids is 3. The lowest BCUT2D eigenvalue weighted by Gasteiger charge is -2.36. The molecule has 0 spiro atoms. The summed E-state index contributed by atoms with van der Waals surface area (Å²) < 4.78 is 73.3. The number of aliphatic hydroxyl groups excluding tert-OH is 1. The van der Waals surface area contributed by atoms with Gasteiger partial charge in [-0.25, -0.2) is 23.1 Å². The number of hydrogen-bond acceptors (Lipinski definition) is 12. The minimum Gasteiger partial charge on any atom is -0.391 e. The van der Waals surface area contributed by atoms with Crippen molar-refractivity contribution in [3.8, 4) is 21.6 Å². The number of thiazole rings is 1. The number of nitrogens with zero attached hydrogens (tertiary/aromatic N) is 6. The highest BCUT2D eigenvalue weighted by atomic mass is 32.2. The van der Waals surface area contributed by atoms with Crippen LogP contribution >= 0.6 is 11.3 Å². The fourth-order valence-electron chi connectivity index (χ4n) is 10.4. The maximum absolute atomic E-state index is 15.8. The molecule has 3 fully saturated rings. The van der Waals surface area contributed by atoms with Crippen molar-refractivity contribution in [2.45, 2.75) is 97.1 Å². The Hall–Kier alpha value is -6.65. The van der Waals surface area contributed by atoms with E-state index in [0.717, 1.165) is 95.0 Å². The first kappa shape index (κ1) is 56.1. The molecule has 3 saturated heterocycles. The van der Waals surface area contributed by atoms with Gasteiger partial charge in [0.25, 0.3) is 0 Å². The van der Waals surface area contributed by atoms with Gasteiger partial charge >= 0.3 is 10.2 Å². The van der Waals surface area contributed by atoms with Crippen molar-refractivity contribution in [3.63, 3.8) is 0 Å². The zero-order valence-electron chi connectivity index (χ0n) is 44.3. The number of halogens is 3. The number of benzene rings is 3. The Morgan fingerprint density at radius 3 is 2.33 bits per heavy atom. The highest BCUT2D eigenvalue weighted by Gasteiger charge is 2.43. The molecule has 0 bridgehead atoms. The number of amides is 2. The van der Waals surface area contributed by atoms with E-state index in [9.17, 15) is 32.3 Å². The summed E-state index contributed by atoms with van der Waals surface area (Å²) in [5.41, 5.74) is 6.25. The molecule has 21 heteroatoms. The van der Waals surface area contributed by atoms with Gasteiger partial charge in [-0.2, -0.15) is 12.7 Å². The van der Waals surface area contributed by atoms with Crippen LogP contribution in [-0.2, 0) is 26.3 Å². The molecule has 78 heavy (non-hydrogen) atoms. The zero-order valence-corrected chi connectivity index (χ0v) is 46.0. The van der Waals surface area contributed by atoms with E-state index in [0.29, 0.717) is 48.1 Å². The van der Waals surface area contributed by atoms with Gasteiger partial charge in [-0.1, -0.05) is 70.2 Å². The molecule has 6 aromatic rings. The van der Waals surface area contributed by atoms with Gasteiger partial charge in [0.05, 0.1) is 39.5 Å². The van der Waals surface area contributed by atoms with Crippen LogP contribution in [0.4, 0.5) is 24.5 Å². The summed E-state index contributed by atoms with van der Waals surface area (Å²) in [6.45, 7) is 16.5. The number of likely N-dealkylation sites (tertiary alicyclic amines) is 1. The monoisotopic (exact) mass is 1110 g/mol. The second-order valence-corrected chi connectivity index (χ2v) is 24.1. The second-order valence-electron chi connectivity index (χ2n) is 21.6. The van der Waals surface area contributed by atoms with Crippen LogP contribution in [0, 0.1) is 24.0 Å². The van der Waals surface area contributed by atoms with Crippen LogP contribution in [0.25, 0.3) is 32.6 Å². The largest absolute Gasteiger partial charge is 0.391 e. The van der Waals surface area contributed by atoms with E-state index in [-0.39, 0.29) is 36.9 Å². The van der Waals surface area contributed by atoms with Crippen LogP contribution in [0.2, 0.25) is 0 Å². The van der Waals surface area contributed by atoms with Crippen molar-refractivity contribution in [2.24, 2.45) is 5.41 Å². The first-order valence-corrected chi connectivity index (χ1v) is 28.8. The summed E-state index contributed by atoms with van der Waals surface area (Å²) in [6.07, 6.45) is 4.00. The highest BCUT2D eigenvalue weighted by molar-refractivity contribution is 7.90. The van der Waals surface area contributed by atoms with E-state index in [1.165, 1.54) is 6.20 Å². The standard InChI is InChI=1S/C57H67F3N10O6S2/c1-35(61-29-37-10-12-39(13-11-37)53-36(2)64-34-77-53)48-28-43(71)33-70(48)56(74)54(57(3,4)5)65-49(72)9-7-6-8-21-67-23-25-68(26-24-67)42-16-14-38(15-17-42)40-27-44-45(31-63-55(44)62-30-40)52(73)50-46(59)18-19-47(51(50)60)66-78(75,76)69-22-20-41(58)32-69/h10-19,27,30-31,34,41,43,48,54,61,66,71H,1,6-9,20-26,28-29,32-33H2,2-5H3,(H,62,63)(H,65,72)/t41-,43-,48+,54-/m1/s1. The number of carbonyl (C=O) groups is 3. The Kier molecular flexibility index (Phi) is 17.1. The molecule has 5 N–H and O–H groups in total. The molecule has 4 atom stereocenters. The topological polar surface area (TPSA) is 196 Å². The number of aromatic amines is 1. The Balaban J connectivity index is 0.719. The number of hydrogen-bond donors (Lipinski definition) is 5. The van der Waals surface area contributed by atoms with Gasteiger partial charge in [-0.15, -0.1) is 11.3 Å². The number of fused-ring (bicyclic) bond motifs is 1. The number of ketones is 1. The lowest BCUT2D eigenvalue weighted by molar-refractivity contribution is -0.140. The number of β-amino-alcohol motifs (C(OH)–C–C–N with tert-alkyl or cyclic N) is 1. The molecule has 0 saturated carbocycles. The van der Waals surface area contributed by atoms with Gasteiger partial charge in [0.2, 0.25) is 17.6 Å². The molecule has 0 aliphatic carbocycles. The summed E-state index contributed by atoms with van der Waals surface area (Å²) in [5.74, 6) is -3.99. The normalized spacial score (nSPS) is 18.8. The average molecular weight is 1110 g/mol. The van der Waals surface area contributed by atoms with E-state index >= 15 is 8.78 Å². The molecule has 6 heterocycles. The van der Waals surface area contributed by atoms with Crippen LogP contribution in [0.1, 0.15) is 86.5 Å². The number of rotatable bonds is 20. The van der Waals surface area contributed by atoms with Crippen molar-refractivity contribution < 1.29 is 41.1 Å². The number of piperazine rings is 1. The van der Waals surface area contributed by atoms with Crippen molar-refractivity contribution in [1.82, 2.24) is 39.7 Å². The molecule has 3 aromatic heterocycles. The number of pyridine rings is 1. The number of aromatic nitrogens is 3. The number of unbranched alkanes of at least 4 members (excludes halogenated alkanes) is 2. The van der Waals surface area contributed by atoms with Crippen LogP contribution in [0.3, 0.4) is 0 Å². The zero-order chi connectivity index (χ0) is 55.5. The predicted octanol–water partition coefficient (Wildman–Crippen LogP) is 8.35. The third-order valence-corrected chi connectivity index (χ3v) is 17.4. The summed E-state index contributed by atoms with van der Waals surface area (Å²) in [4.78, 5) is 60.6. The third kappa shape index (κ3) is 12.8. The van der Waals surface area contributed by atoms with Crippen molar-refractivity contribution in [2.75, 3.05) is 62.0 Å². The highest BCUT2D eigenvalue weighted by Crippen LogP contribution is 2.33. The number of anilines is 2. The summed E-state index contributed by atoms with van der Waals surface area (Å²) in [7, 11) is -4.37. The molecule has 0 unspecified atom stereocenters. The Labute approximate surface area is 457 Å². The summed E-state index contributed by atoms with van der Waals surface area (Å²) in [6, 6.07) is 18.4. The quantitative estimate of drug-likeness (QED) is 0.0364. The lowest BCUT2D eigenvalue weighted by Crippen LogP contribution is -2.56. The molecular weight excluding hydrogens is 1040 g/mol. The number of alkyl halides is 1. The van der Waals surface area contributed by atoms with Gasteiger partial charge in [0.1, 0.15) is 23.7 Å². The maximum atomic E-state index is 15.8. The number of nitrogens with one attached hydrogen (secondary N) is 4. The molecule has 16 nitrogen and oxygen atoms in total. The summed E-state index contributed by atoms with van der Waals surface area (Å²) >= 11 is 1.61. The molecule has 3 aliphatic heterocycles. The van der Waals surface area contributed by atoms with Gasteiger partial charge < -0.3 is 30.5 Å². The van der Waals surface area contributed by atoms with Crippen LogP contribution in [0.5, 0.6) is 0 Å². The maximum Gasteiger partial charge on any atom is 0.301 e. The van der Waals surface area contributed by atoms with Crippen molar-refractivity contribution >= 4 is 61.6 Å². The van der Waals surface area contributed by atoms with Crippen molar-refractivity contribution in [1.29, 1.82) is 0 Å². The van der Waals surface area contributed by atoms with Crippen molar-refractivity contribution in [3.05, 3.63) is 131 Å². The van der Waals surface area contributed by atoms with E-state index in [4.69, 9.17) is 0 Å². The summed E-state index contributed by atoms with van der Waals surface area (Å²) in [5, 5.41) is 17.5. The lowest BCUT2D eigenvalue weighted by atomic mass is 9.85. The first-order valence-electron chi connectivity index (χ1n) is 26.4. The molecule has 2 amide bonds. The Morgan fingerprint density at radius 1 is 0.923 bits per heavy atom. The van der Waals surface area contributed by atoms with Gasteiger partial charge in [0.15, 0.2) is 5.82 Å². The van der Waals surface area contributed by atoms with E-state index in [1.54, 1.807) is 28.5 Å². The minimum absolute atomic E-state index is 0.00301. The number of aliphatic hydroxyl groups is 1. The number of aryl methyl sites for hydroxylation is 1. The Morgan fingerprint density at radius 2 is 1.65 bits per heavy atom. The van der Waals surface area contributed by atoms with E-state index in [1.807, 2.05) is 62.2 Å². The fourth-order valence-corrected chi connectivity index (χ4v) is 12.5. The van der Waals surface area contributed by atoms with Crippen LogP contribution in [0.15, 0.2) is 96.9 Å². The molecule has 3 aromatic carbocycles. The van der Waals surface area contributed by atoms with Gasteiger partial charge in [0, 0.05) is 105 Å². The SMILES string of the molecule is C=C(NCc1ccc(-c2scnc2C)cc1)[C@@H]1C[C@@H](O)CN1C(=O)[C@@H](NC(=O)CCCCCN1CCN(c2ccc(-c3cnc4[nH]cc(C(=O)c5c(F)ccc(NS(=O)(=O)N6CC[C@@H](F)C6)c5F)c4c3)cc2)CC1)C(C)(C)C. The average Bonchev–Trinajstić information content (AvgIpc) is 4.28. The van der Waals surface area contributed by atoms with Crippen LogP contribution < -0.4 is 20.3 Å². The second kappa shape index (κ2) is 23.8. The number of H-pyrrole nitrogens is 1. The molecule has 0 radical (unpaired) electrons. The minimum atomic E-state index is -4.37. The third-order valence-electron chi connectivity index (χ3n) is 14.9. The fraction of sp³-hybridized carbons (Fsp3) is 0.421. The molecule has 414 valence electrons. The van der Waals surface area contributed by atoms with Gasteiger partial charge in [-0.3, -0.25) is 24.0 Å².